The molecule has 0 bridgehead atoms. The van der Waals surface area contributed by atoms with Gasteiger partial charge in [0.1, 0.15) is 0 Å². The van der Waals surface area contributed by atoms with Gasteiger partial charge in [-0.15, -0.1) is 5.10 Å². The fourth-order valence-electron chi connectivity index (χ4n) is 4.09. The lowest BCUT2D eigenvalue weighted by Gasteiger charge is -2.29. The first-order valence-electron chi connectivity index (χ1n) is 10.8. The number of carbonyl (C=O) groups is 3. The molecule has 2 aromatic rings. The largest absolute Gasteiger partial charge is 0.493 e. The van der Waals surface area contributed by atoms with Gasteiger partial charge in [0, 0.05) is 26.0 Å². The van der Waals surface area contributed by atoms with Crippen molar-refractivity contribution in [1.82, 2.24) is 10.3 Å². The van der Waals surface area contributed by atoms with Crippen LogP contribution in [0, 0.1) is 6.92 Å². The molecule has 4 rings (SSSR count). The zero-order valence-corrected chi connectivity index (χ0v) is 20.3. The minimum atomic E-state index is -1.39. The van der Waals surface area contributed by atoms with Gasteiger partial charge in [0.05, 0.1) is 19.4 Å². The second-order valence-electron chi connectivity index (χ2n) is 7.99. The van der Waals surface area contributed by atoms with E-state index in [9.17, 15) is 14.4 Å². The van der Waals surface area contributed by atoms with E-state index in [-0.39, 0.29) is 17.0 Å². The van der Waals surface area contributed by atoms with Gasteiger partial charge in [-0.05, 0) is 43.3 Å². The van der Waals surface area contributed by atoms with Gasteiger partial charge in [-0.1, -0.05) is 29.8 Å². The average Bonchev–Trinajstić information content (AvgIpc) is 3.28. The molecule has 10 heteroatoms. The molecule has 0 aromatic heterocycles. The number of nitrogens with one attached hydrogen (secondary N) is 1. The predicted molar refractivity (Wildman–Crippen MR) is 130 cm³/mol. The number of hydrazone groups is 1. The summed E-state index contributed by atoms with van der Waals surface area (Å²) in [5, 5.41) is 8.28. The van der Waals surface area contributed by atoms with Gasteiger partial charge < -0.3 is 19.7 Å². The van der Waals surface area contributed by atoms with Crippen LogP contribution in [0.1, 0.15) is 31.4 Å². The highest BCUT2D eigenvalue weighted by molar-refractivity contribution is 8.15. The monoisotopic (exact) mass is 482 g/mol. The Morgan fingerprint density at radius 2 is 1.88 bits per heavy atom. The highest BCUT2D eigenvalue weighted by Gasteiger charge is 2.61. The molecular weight excluding hydrogens is 456 g/mol. The van der Waals surface area contributed by atoms with Gasteiger partial charge in [0.2, 0.25) is 16.7 Å². The minimum Gasteiger partial charge on any atom is -0.493 e. The third-order valence-electron chi connectivity index (χ3n) is 5.51. The van der Waals surface area contributed by atoms with Gasteiger partial charge in [-0.2, -0.15) is 5.01 Å². The van der Waals surface area contributed by atoms with E-state index in [0.29, 0.717) is 42.3 Å². The third kappa shape index (κ3) is 4.09. The number of ether oxygens (including phenoxy) is 2. The van der Waals surface area contributed by atoms with Crippen LogP contribution in [-0.2, 0) is 19.3 Å². The van der Waals surface area contributed by atoms with E-state index in [1.165, 1.54) is 18.9 Å². The number of nitrogens with zero attached hydrogens (tertiary/aromatic N) is 3. The summed E-state index contributed by atoms with van der Waals surface area (Å²) in [4.78, 5) is 38.3. The first-order chi connectivity index (χ1) is 16.3. The Bertz CT molecular complexity index is 1180. The Hall–Kier alpha value is -3.53. The number of aryl methyl sites for hydroxylation is 1. The lowest BCUT2D eigenvalue weighted by atomic mass is 10.0. The van der Waals surface area contributed by atoms with Crippen molar-refractivity contribution in [3.05, 3.63) is 53.6 Å². The second-order valence-corrected chi connectivity index (χ2v) is 9.18. The summed E-state index contributed by atoms with van der Waals surface area (Å²) in [6.45, 7) is 5.39. The van der Waals surface area contributed by atoms with Crippen LogP contribution in [0.2, 0.25) is 0 Å². The zero-order chi connectivity index (χ0) is 24.5. The molecule has 1 spiro atoms. The molecule has 3 amide bonds. The smallest absolute Gasteiger partial charge is 0.270 e. The maximum absolute atomic E-state index is 13.9. The van der Waals surface area contributed by atoms with E-state index in [1.807, 2.05) is 49.4 Å². The van der Waals surface area contributed by atoms with Crippen molar-refractivity contribution in [2.75, 3.05) is 25.2 Å². The normalized spacial score (nSPS) is 18.7. The number of rotatable bonds is 6. The molecule has 0 fully saturated rings. The number of para-hydroxylation sites is 2. The van der Waals surface area contributed by atoms with E-state index in [4.69, 9.17) is 9.47 Å². The molecule has 2 aromatic carbocycles. The van der Waals surface area contributed by atoms with E-state index in [1.54, 1.807) is 12.0 Å². The van der Waals surface area contributed by atoms with Gasteiger partial charge in [-0.25, -0.2) is 0 Å². The lowest BCUT2D eigenvalue weighted by Crippen LogP contribution is -2.48. The molecule has 9 nitrogen and oxygen atoms in total. The molecule has 0 saturated carbocycles. The van der Waals surface area contributed by atoms with Gasteiger partial charge in [-0.3, -0.25) is 14.4 Å². The van der Waals surface area contributed by atoms with Crippen molar-refractivity contribution >= 4 is 40.3 Å². The van der Waals surface area contributed by atoms with Gasteiger partial charge >= 0.3 is 0 Å². The van der Waals surface area contributed by atoms with E-state index in [0.717, 1.165) is 17.3 Å². The fraction of sp³-hybridized carbons (Fsp3) is 0.333. The number of carbonyl (C=O) groups excluding carboxylic acids is 3. The Labute approximate surface area is 202 Å². The van der Waals surface area contributed by atoms with E-state index >= 15 is 0 Å². The van der Waals surface area contributed by atoms with Crippen molar-refractivity contribution in [3.8, 4) is 11.5 Å². The molecule has 1 atom stereocenters. The summed E-state index contributed by atoms with van der Waals surface area (Å²) in [6, 6.07) is 13.1. The van der Waals surface area contributed by atoms with Crippen LogP contribution >= 0.6 is 11.8 Å². The van der Waals surface area contributed by atoms with Gasteiger partial charge in [0.15, 0.2) is 16.7 Å². The molecule has 2 aliphatic heterocycles. The fourth-order valence-corrected chi connectivity index (χ4v) is 5.41. The SMILES string of the molecule is COc1ccccc1OCCCN1C(=O)[C@]2(SC(NC(C)=O)=NN2C(C)=O)c2cc(C)ccc21. The average molecular weight is 483 g/mol. The summed E-state index contributed by atoms with van der Waals surface area (Å²) in [7, 11) is 1.58. The number of methoxy groups -OCH3 is 1. The number of amidine groups is 1. The minimum absolute atomic E-state index is 0.213. The third-order valence-corrected chi connectivity index (χ3v) is 6.75. The maximum atomic E-state index is 13.9. The molecular formula is C24H26N4O5S. The van der Waals surface area contributed by atoms with Crippen LogP contribution in [-0.4, -0.2) is 48.2 Å². The number of benzene rings is 2. The van der Waals surface area contributed by atoms with Crippen molar-refractivity contribution in [3.63, 3.8) is 0 Å². The number of hydrogen-bond acceptors (Lipinski definition) is 7. The summed E-state index contributed by atoms with van der Waals surface area (Å²) in [5.41, 5.74) is 2.34. The Morgan fingerprint density at radius 3 is 2.56 bits per heavy atom. The Morgan fingerprint density at radius 1 is 1.15 bits per heavy atom. The lowest BCUT2D eigenvalue weighted by molar-refractivity contribution is -0.139. The van der Waals surface area contributed by atoms with Crippen molar-refractivity contribution in [1.29, 1.82) is 0 Å². The van der Waals surface area contributed by atoms with E-state index < -0.39 is 10.8 Å². The topological polar surface area (TPSA) is 101 Å². The standard InChI is InChI=1S/C24H26N4O5S/c1-15-10-11-19-18(14-15)24(28(17(3)30)26-23(34-24)25-16(2)29)22(31)27(19)12-7-13-33-21-9-6-5-8-20(21)32-4/h5-6,8-11,14H,7,12-13H2,1-4H3,(H,25,26,29)/t24-/m1/s1. The molecule has 0 saturated heterocycles. The quantitative estimate of drug-likeness (QED) is 0.636. The molecule has 2 aliphatic rings. The molecule has 0 aliphatic carbocycles. The molecule has 2 heterocycles. The van der Waals surface area contributed by atoms with Crippen LogP contribution in [0.25, 0.3) is 0 Å². The van der Waals surface area contributed by atoms with Crippen LogP contribution in [0.4, 0.5) is 5.69 Å². The number of anilines is 1. The first kappa shape index (κ1) is 23.6. The Kier molecular flexibility index (Phi) is 6.52. The van der Waals surface area contributed by atoms with Gasteiger partial charge in [0.25, 0.3) is 5.91 Å². The summed E-state index contributed by atoms with van der Waals surface area (Å²) in [5.74, 6) is 0.270. The molecule has 34 heavy (non-hydrogen) atoms. The predicted octanol–water partition coefficient (Wildman–Crippen LogP) is 2.97. The van der Waals surface area contributed by atoms with Crippen LogP contribution in [0.3, 0.4) is 0 Å². The van der Waals surface area contributed by atoms with Crippen LogP contribution in [0.5, 0.6) is 11.5 Å². The van der Waals surface area contributed by atoms with Crippen molar-refractivity contribution in [2.45, 2.75) is 32.1 Å². The number of thioether (sulfide) groups is 1. The number of amides is 3. The van der Waals surface area contributed by atoms with E-state index in [2.05, 4.69) is 10.4 Å². The highest BCUT2D eigenvalue weighted by atomic mass is 32.2. The summed E-state index contributed by atoms with van der Waals surface area (Å²) < 4.78 is 11.2. The number of fused-ring (bicyclic) bond motifs is 2. The summed E-state index contributed by atoms with van der Waals surface area (Å²) >= 11 is 1.07. The zero-order valence-electron chi connectivity index (χ0n) is 19.5. The molecule has 0 radical (unpaired) electrons. The van der Waals surface area contributed by atoms with Crippen molar-refractivity contribution in [2.24, 2.45) is 5.10 Å². The first-order valence-corrected chi connectivity index (χ1v) is 11.6. The molecule has 178 valence electrons. The molecule has 1 N–H and O–H groups in total. The number of hydrogen-bond donors (Lipinski definition) is 1. The maximum Gasteiger partial charge on any atom is 0.270 e. The van der Waals surface area contributed by atoms with Crippen molar-refractivity contribution < 1.29 is 23.9 Å². The Balaban J connectivity index is 1.58. The van der Waals surface area contributed by atoms with Crippen LogP contribution in [0.15, 0.2) is 47.6 Å². The highest BCUT2D eigenvalue weighted by Crippen LogP contribution is 2.54. The second kappa shape index (κ2) is 9.38. The van der Waals surface area contributed by atoms with Crippen LogP contribution < -0.4 is 19.7 Å². The molecule has 0 unspecified atom stereocenters. The summed E-state index contributed by atoms with van der Waals surface area (Å²) in [6.07, 6.45) is 0.553.